The largest absolute Gasteiger partial charge is 0.505 e. The summed E-state index contributed by atoms with van der Waals surface area (Å²) in [5.74, 6) is -5.34. The van der Waals surface area contributed by atoms with Gasteiger partial charge in [0.15, 0.2) is 0 Å². The molecule has 5 rings (SSSR count). The summed E-state index contributed by atoms with van der Waals surface area (Å²) in [5.41, 5.74) is -5.11. The van der Waals surface area contributed by atoms with Crippen molar-refractivity contribution in [2.24, 2.45) is 0 Å². The zero-order valence-corrected chi connectivity index (χ0v) is 21.1. The minimum absolute atomic E-state index is 0.0372. The van der Waals surface area contributed by atoms with E-state index in [0.717, 1.165) is 60.4 Å². The molecule has 40 heavy (non-hydrogen) atoms. The predicted octanol–water partition coefficient (Wildman–Crippen LogP) is 4.29. The van der Waals surface area contributed by atoms with Gasteiger partial charge in [0, 0.05) is 7.05 Å². The highest BCUT2D eigenvalue weighted by Crippen LogP contribution is 2.48. The number of carbonyl (C=O) groups excluding carboxylic acids is 4. The molecule has 0 radical (unpaired) electrons. The molecule has 2 aliphatic rings. The molecule has 0 fully saturated rings. The van der Waals surface area contributed by atoms with Crippen LogP contribution in [0.3, 0.4) is 0 Å². The first-order valence-electron chi connectivity index (χ1n) is 11.7. The summed E-state index contributed by atoms with van der Waals surface area (Å²) in [5, 5.41) is 19.9. The van der Waals surface area contributed by atoms with Gasteiger partial charge in [0.25, 0.3) is 23.6 Å². The molecule has 0 bridgehead atoms. The maximum Gasteiger partial charge on any atom is 0.402 e. The summed E-state index contributed by atoms with van der Waals surface area (Å²) in [7, 11) is 1.22. The number of imide groups is 2. The number of nitrogens with zero attached hydrogens (tertiary/aromatic N) is 2. The maximum atomic E-state index is 14.7. The van der Waals surface area contributed by atoms with Crippen LogP contribution in [0.1, 0.15) is 75.4 Å². The Bertz CT molecular complexity index is 1710. The van der Waals surface area contributed by atoms with Crippen LogP contribution in [-0.4, -0.2) is 57.9 Å². The van der Waals surface area contributed by atoms with E-state index >= 15 is 0 Å². The van der Waals surface area contributed by atoms with Gasteiger partial charge < -0.3 is 10.2 Å². The quantitative estimate of drug-likeness (QED) is 0.462. The van der Waals surface area contributed by atoms with Crippen LogP contribution in [0, 0.1) is 6.92 Å². The van der Waals surface area contributed by atoms with Crippen LogP contribution in [0.15, 0.2) is 48.5 Å². The van der Waals surface area contributed by atoms with Gasteiger partial charge in [-0.05, 0) is 66.9 Å². The monoisotopic (exact) mass is 552 g/mol. The van der Waals surface area contributed by atoms with Crippen LogP contribution in [0.5, 0.6) is 5.75 Å². The van der Waals surface area contributed by atoms with Crippen LogP contribution < -0.4 is 4.90 Å². The molecule has 2 N–H and O–H groups in total. The number of halogens is 3. The number of aromatic carboxylic acids is 1. The third kappa shape index (κ3) is 3.52. The predicted molar refractivity (Wildman–Crippen MR) is 133 cm³/mol. The Labute approximate surface area is 224 Å². The number of hydrogen-bond acceptors (Lipinski definition) is 6. The lowest BCUT2D eigenvalue weighted by Crippen LogP contribution is -2.41. The minimum atomic E-state index is -4.95. The molecule has 1 unspecified atom stereocenters. The smallest absolute Gasteiger partial charge is 0.402 e. The topological polar surface area (TPSA) is 132 Å². The summed E-state index contributed by atoms with van der Waals surface area (Å²) >= 11 is 0. The molecular weight excluding hydrogens is 533 g/mol. The molecule has 204 valence electrons. The number of carboxylic acid groups (broad SMARTS) is 1. The number of phenolic OH excluding ortho intramolecular Hbond substituents is 1. The number of rotatable bonds is 4. The molecule has 3 aromatic rings. The zero-order valence-electron chi connectivity index (χ0n) is 21.1. The minimum Gasteiger partial charge on any atom is -0.505 e. The lowest BCUT2D eigenvalue weighted by atomic mass is 9.74. The van der Waals surface area contributed by atoms with E-state index in [1.54, 1.807) is 0 Å². The fraction of sp³-hybridized carbons (Fsp3) is 0.179. The Hall–Kier alpha value is -5.00. The number of amides is 4. The molecule has 1 atom stereocenters. The van der Waals surface area contributed by atoms with Crippen molar-refractivity contribution in [1.82, 2.24) is 4.90 Å². The fourth-order valence-electron chi connectivity index (χ4n) is 4.99. The number of fused-ring (bicyclic) bond motifs is 2. The number of aryl methyl sites for hydroxylation is 1. The highest BCUT2D eigenvalue weighted by atomic mass is 19.4. The van der Waals surface area contributed by atoms with Crippen molar-refractivity contribution in [2.45, 2.75) is 25.4 Å². The standard InChI is InChI=1S/C28H19F3N2O7/c1-12-8-13(26(39)40)9-20(21(12)34)33-24(37)17-7-5-15(11-19(17)25(33)38)27(2,28(29,30)31)14-4-6-16-18(10-14)23(36)32(3)22(16)35/h4-11,34H,1-3H3,(H,39,40). The van der Waals surface area contributed by atoms with E-state index in [1.807, 2.05) is 0 Å². The first kappa shape index (κ1) is 26.6. The Morgan fingerprint density at radius 1 is 0.775 bits per heavy atom. The van der Waals surface area contributed by atoms with E-state index in [2.05, 4.69) is 0 Å². The Kier molecular flexibility index (Phi) is 5.65. The molecule has 9 nitrogen and oxygen atoms in total. The number of carbonyl (C=O) groups is 5. The summed E-state index contributed by atoms with van der Waals surface area (Å²) in [4.78, 5) is 64.0. The van der Waals surface area contributed by atoms with E-state index in [9.17, 15) is 47.4 Å². The second kappa shape index (κ2) is 8.50. The number of benzene rings is 3. The van der Waals surface area contributed by atoms with Crippen LogP contribution in [0.25, 0.3) is 0 Å². The molecule has 0 aromatic heterocycles. The molecule has 2 heterocycles. The highest BCUT2D eigenvalue weighted by Gasteiger charge is 2.55. The van der Waals surface area contributed by atoms with Crippen LogP contribution >= 0.6 is 0 Å². The van der Waals surface area contributed by atoms with Gasteiger partial charge in [-0.2, -0.15) is 13.2 Å². The third-order valence-electron chi connectivity index (χ3n) is 7.47. The Morgan fingerprint density at radius 3 is 1.77 bits per heavy atom. The molecule has 0 aliphatic carbocycles. The number of hydrogen-bond donors (Lipinski definition) is 2. The zero-order chi connectivity index (χ0) is 29.5. The van der Waals surface area contributed by atoms with Crippen molar-refractivity contribution < 1.29 is 47.4 Å². The summed E-state index contributed by atoms with van der Waals surface area (Å²) in [6.45, 7) is 2.22. The maximum absolute atomic E-state index is 14.7. The molecule has 3 aromatic carbocycles. The van der Waals surface area contributed by atoms with Crippen LogP contribution in [0.2, 0.25) is 0 Å². The van der Waals surface area contributed by atoms with Crippen molar-refractivity contribution in [3.8, 4) is 5.75 Å². The summed E-state index contributed by atoms with van der Waals surface area (Å²) in [6, 6.07) is 8.29. The van der Waals surface area contributed by atoms with Crippen molar-refractivity contribution in [3.63, 3.8) is 0 Å². The second-order valence-corrected chi connectivity index (χ2v) is 9.72. The molecule has 0 spiro atoms. The fourth-order valence-corrected chi connectivity index (χ4v) is 4.99. The average molecular weight is 552 g/mol. The molecule has 4 amide bonds. The number of carboxylic acids is 1. The number of anilines is 1. The average Bonchev–Trinajstić information content (AvgIpc) is 3.28. The van der Waals surface area contributed by atoms with Gasteiger partial charge in [-0.25, -0.2) is 9.69 Å². The van der Waals surface area contributed by atoms with E-state index in [-0.39, 0.29) is 38.9 Å². The summed E-state index contributed by atoms with van der Waals surface area (Å²) in [6.07, 6.45) is -4.95. The van der Waals surface area contributed by atoms with Gasteiger partial charge in [0.2, 0.25) is 0 Å². The molecule has 12 heteroatoms. The van der Waals surface area contributed by atoms with Crippen LogP contribution in [0.4, 0.5) is 18.9 Å². The van der Waals surface area contributed by atoms with E-state index < -0.39 is 58.2 Å². The Balaban J connectivity index is 1.65. The van der Waals surface area contributed by atoms with Crippen molar-refractivity contribution in [3.05, 3.63) is 93.0 Å². The molecule has 2 aliphatic heterocycles. The van der Waals surface area contributed by atoms with Gasteiger partial charge >= 0.3 is 12.1 Å². The van der Waals surface area contributed by atoms with Gasteiger partial charge in [0.05, 0.1) is 33.5 Å². The number of alkyl halides is 3. The van der Waals surface area contributed by atoms with Gasteiger partial charge in [-0.15, -0.1) is 0 Å². The third-order valence-corrected chi connectivity index (χ3v) is 7.47. The molecule has 0 saturated carbocycles. The van der Waals surface area contributed by atoms with Crippen molar-refractivity contribution in [2.75, 3.05) is 11.9 Å². The van der Waals surface area contributed by atoms with Gasteiger partial charge in [-0.3, -0.25) is 24.1 Å². The highest BCUT2D eigenvalue weighted by molar-refractivity contribution is 6.35. The van der Waals surface area contributed by atoms with Gasteiger partial charge in [-0.1, -0.05) is 12.1 Å². The SMILES string of the molecule is Cc1cc(C(=O)O)cc(N2C(=O)c3ccc(C(C)(c4ccc5c(c4)C(=O)N(C)C5=O)C(F)(F)F)cc3C2=O)c1O. The summed E-state index contributed by atoms with van der Waals surface area (Å²) < 4.78 is 44.2. The second-order valence-electron chi connectivity index (χ2n) is 9.72. The van der Waals surface area contributed by atoms with E-state index in [4.69, 9.17) is 0 Å². The lowest BCUT2D eigenvalue weighted by molar-refractivity contribution is -0.173. The van der Waals surface area contributed by atoms with Crippen LogP contribution in [-0.2, 0) is 5.41 Å². The normalized spacial score (nSPS) is 16.4. The molecular formula is C28H19F3N2O7. The van der Waals surface area contributed by atoms with E-state index in [0.29, 0.717) is 4.90 Å². The lowest BCUT2D eigenvalue weighted by Gasteiger charge is -2.33. The Morgan fingerprint density at radius 2 is 1.25 bits per heavy atom. The van der Waals surface area contributed by atoms with Crippen molar-refractivity contribution >= 4 is 35.3 Å². The first-order chi connectivity index (χ1) is 18.6. The number of phenols is 1. The van der Waals surface area contributed by atoms with Crippen molar-refractivity contribution in [1.29, 1.82) is 0 Å². The number of aromatic hydroxyl groups is 1. The van der Waals surface area contributed by atoms with E-state index in [1.165, 1.54) is 14.0 Å². The molecule has 0 saturated heterocycles. The van der Waals surface area contributed by atoms with Gasteiger partial charge in [0.1, 0.15) is 11.2 Å². The first-order valence-corrected chi connectivity index (χ1v) is 11.7.